The van der Waals surface area contributed by atoms with E-state index >= 15 is 0 Å². The molecule has 0 aliphatic carbocycles. The number of methoxy groups -OCH3 is 1. The van der Waals surface area contributed by atoms with E-state index in [0.717, 1.165) is 5.56 Å². The minimum atomic E-state index is -0.422. The number of amides is 2. The number of hydrogen-bond acceptors (Lipinski definition) is 5. The van der Waals surface area contributed by atoms with Crippen LogP contribution in [0.3, 0.4) is 0 Å². The zero-order valence-corrected chi connectivity index (χ0v) is 19.1. The van der Waals surface area contributed by atoms with Crippen molar-refractivity contribution in [2.45, 2.75) is 13.5 Å². The molecule has 3 aromatic rings. The van der Waals surface area contributed by atoms with E-state index in [1.165, 1.54) is 12.0 Å². The lowest BCUT2D eigenvalue weighted by Crippen LogP contribution is -2.32. The Morgan fingerprint density at radius 3 is 2.33 bits per heavy atom. The highest BCUT2D eigenvalue weighted by Crippen LogP contribution is 2.35. The number of nitrogens with one attached hydrogen (secondary N) is 1. The van der Waals surface area contributed by atoms with Gasteiger partial charge in [-0.25, -0.2) is 0 Å². The minimum absolute atomic E-state index is 0.164. The van der Waals surface area contributed by atoms with Crippen LogP contribution in [0.2, 0.25) is 5.02 Å². The molecule has 7 heteroatoms. The molecule has 0 saturated carbocycles. The second-order valence-electron chi connectivity index (χ2n) is 7.36. The number of anilines is 1. The molecule has 33 heavy (non-hydrogen) atoms. The number of benzene rings is 3. The lowest BCUT2D eigenvalue weighted by atomic mass is 10.0. The predicted octanol–water partition coefficient (Wildman–Crippen LogP) is 5.14. The van der Waals surface area contributed by atoms with Crippen molar-refractivity contribution in [3.8, 4) is 11.5 Å². The molecule has 6 nitrogen and oxygen atoms in total. The van der Waals surface area contributed by atoms with Crippen molar-refractivity contribution in [1.29, 1.82) is 0 Å². The van der Waals surface area contributed by atoms with Crippen molar-refractivity contribution in [2.75, 3.05) is 19.0 Å². The van der Waals surface area contributed by atoms with E-state index in [4.69, 9.17) is 21.1 Å². The second kappa shape index (κ2) is 9.79. The highest BCUT2D eigenvalue weighted by Gasteiger charge is 2.39. The van der Waals surface area contributed by atoms with Crippen molar-refractivity contribution in [3.63, 3.8) is 0 Å². The fourth-order valence-corrected chi connectivity index (χ4v) is 3.84. The van der Waals surface area contributed by atoms with Gasteiger partial charge in [-0.05, 0) is 48.4 Å². The summed E-state index contributed by atoms with van der Waals surface area (Å²) in [6.45, 7) is 2.60. The van der Waals surface area contributed by atoms with Crippen LogP contribution in [-0.2, 0) is 16.1 Å². The summed E-state index contributed by atoms with van der Waals surface area (Å²) in [4.78, 5) is 28.2. The van der Waals surface area contributed by atoms with E-state index in [1.807, 2.05) is 37.3 Å². The first kappa shape index (κ1) is 22.4. The fraction of sp³-hybridized carbons (Fsp3) is 0.154. The zero-order chi connectivity index (χ0) is 23.4. The van der Waals surface area contributed by atoms with Crippen LogP contribution < -0.4 is 14.8 Å². The van der Waals surface area contributed by atoms with E-state index in [1.54, 1.807) is 42.5 Å². The van der Waals surface area contributed by atoms with Gasteiger partial charge in [0, 0.05) is 5.02 Å². The number of imide groups is 1. The molecule has 0 unspecified atom stereocenters. The molecule has 1 aliphatic rings. The first-order valence-electron chi connectivity index (χ1n) is 10.5. The van der Waals surface area contributed by atoms with Gasteiger partial charge in [-0.15, -0.1) is 0 Å². The number of ether oxygens (including phenoxy) is 2. The molecule has 0 bridgehead atoms. The van der Waals surface area contributed by atoms with Crippen LogP contribution in [0.1, 0.15) is 18.1 Å². The van der Waals surface area contributed by atoms with Gasteiger partial charge in [-0.3, -0.25) is 14.5 Å². The Morgan fingerprint density at radius 1 is 0.939 bits per heavy atom. The Morgan fingerprint density at radius 2 is 1.67 bits per heavy atom. The van der Waals surface area contributed by atoms with Gasteiger partial charge in [0.25, 0.3) is 11.8 Å². The van der Waals surface area contributed by atoms with Crippen LogP contribution in [0.5, 0.6) is 11.5 Å². The number of halogens is 1. The number of carbonyl (C=O) groups excluding carboxylic acids is 2. The molecule has 1 aliphatic heterocycles. The van der Waals surface area contributed by atoms with Gasteiger partial charge in [0.2, 0.25) is 0 Å². The molecule has 0 saturated heterocycles. The van der Waals surface area contributed by atoms with Gasteiger partial charge >= 0.3 is 0 Å². The van der Waals surface area contributed by atoms with Crippen molar-refractivity contribution < 1.29 is 19.1 Å². The van der Waals surface area contributed by atoms with E-state index < -0.39 is 5.91 Å². The van der Waals surface area contributed by atoms with Gasteiger partial charge in [0.15, 0.2) is 0 Å². The van der Waals surface area contributed by atoms with Gasteiger partial charge in [-0.2, -0.15) is 0 Å². The Balaban J connectivity index is 1.76. The van der Waals surface area contributed by atoms with Crippen molar-refractivity contribution in [1.82, 2.24) is 4.90 Å². The summed E-state index contributed by atoms with van der Waals surface area (Å²) in [5, 5.41) is 3.58. The minimum Gasteiger partial charge on any atom is -0.495 e. The van der Waals surface area contributed by atoms with Gasteiger partial charge in [0.05, 0.1) is 31.5 Å². The van der Waals surface area contributed by atoms with Crippen LogP contribution in [0, 0.1) is 0 Å². The van der Waals surface area contributed by atoms with Crippen LogP contribution in [-0.4, -0.2) is 30.4 Å². The average molecular weight is 463 g/mol. The molecule has 168 valence electrons. The zero-order valence-electron chi connectivity index (χ0n) is 18.3. The third-order valence-electron chi connectivity index (χ3n) is 5.23. The first-order chi connectivity index (χ1) is 16.0. The van der Waals surface area contributed by atoms with Crippen molar-refractivity contribution in [2.24, 2.45) is 0 Å². The quantitative estimate of drug-likeness (QED) is 0.469. The van der Waals surface area contributed by atoms with E-state index in [9.17, 15) is 9.59 Å². The van der Waals surface area contributed by atoms with Crippen LogP contribution in [0.15, 0.2) is 78.5 Å². The third kappa shape index (κ3) is 4.71. The monoisotopic (exact) mass is 462 g/mol. The van der Waals surface area contributed by atoms with Crippen molar-refractivity contribution in [3.05, 3.63) is 94.6 Å². The largest absolute Gasteiger partial charge is 0.495 e. The molecule has 1 heterocycles. The summed E-state index contributed by atoms with van der Waals surface area (Å²) in [5.74, 6) is 0.386. The highest BCUT2D eigenvalue weighted by molar-refractivity contribution is 6.36. The standard InChI is InChI=1S/C26H23ClN2O4/c1-3-33-20-12-9-18(10-13-20)23-24(28-21-15-19(27)11-14-22(21)32-2)26(31)29(25(23)30)16-17-7-5-4-6-8-17/h4-15,28H,3,16H2,1-2H3. The summed E-state index contributed by atoms with van der Waals surface area (Å²) >= 11 is 6.17. The van der Waals surface area contributed by atoms with Crippen molar-refractivity contribution >= 4 is 34.7 Å². The predicted molar refractivity (Wildman–Crippen MR) is 128 cm³/mol. The molecule has 0 fully saturated rings. The Hall–Kier alpha value is -3.77. The SMILES string of the molecule is CCOc1ccc(C2=C(Nc3cc(Cl)ccc3OC)C(=O)N(Cc3ccccc3)C2=O)cc1. The maximum atomic E-state index is 13.5. The summed E-state index contributed by atoms with van der Waals surface area (Å²) in [6.07, 6.45) is 0. The van der Waals surface area contributed by atoms with Crippen LogP contribution in [0.25, 0.3) is 5.57 Å². The highest BCUT2D eigenvalue weighted by atomic mass is 35.5. The van der Waals surface area contributed by atoms with Gasteiger partial charge in [0.1, 0.15) is 17.2 Å². The maximum absolute atomic E-state index is 13.5. The normalized spacial score (nSPS) is 13.5. The maximum Gasteiger partial charge on any atom is 0.278 e. The second-order valence-corrected chi connectivity index (χ2v) is 7.80. The molecule has 1 N–H and O–H groups in total. The van der Waals surface area contributed by atoms with E-state index in [0.29, 0.717) is 34.4 Å². The summed E-state index contributed by atoms with van der Waals surface area (Å²) < 4.78 is 10.9. The Bertz CT molecular complexity index is 1210. The van der Waals surface area contributed by atoms with Gasteiger partial charge < -0.3 is 14.8 Å². The number of nitrogens with zero attached hydrogens (tertiary/aromatic N) is 1. The Kier molecular flexibility index (Phi) is 6.66. The number of rotatable bonds is 8. The topological polar surface area (TPSA) is 67.9 Å². The molecular formula is C26H23ClN2O4. The van der Waals surface area contributed by atoms with Crippen LogP contribution in [0.4, 0.5) is 5.69 Å². The smallest absolute Gasteiger partial charge is 0.278 e. The third-order valence-corrected chi connectivity index (χ3v) is 5.46. The van der Waals surface area contributed by atoms with Gasteiger partial charge in [-0.1, -0.05) is 54.1 Å². The molecule has 4 rings (SSSR count). The van der Waals surface area contributed by atoms with Crippen LogP contribution >= 0.6 is 11.6 Å². The summed E-state index contributed by atoms with van der Waals surface area (Å²) in [6, 6.07) is 21.5. The lowest BCUT2D eigenvalue weighted by Gasteiger charge is -2.16. The molecular weight excluding hydrogens is 440 g/mol. The molecule has 0 atom stereocenters. The molecule has 0 radical (unpaired) electrons. The molecule has 0 aromatic heterocycles. The van der Waals surface area contributed by atoms with E-state index in [2.05, 4.69) is 5.32 Å². The molecule has 3 aromatic carbocycles. The Labute approximate surface area is 197 Å². The fourth-order valence-electron chi connectivity index (χ4n) is 3.67. The first-order valence-corrected chi connectivity index (χ1v) is 10.9. The number of hydrogen-bond donors (Lipinski definition) is 1. The molecule has 2 amide bonds. The van der Waals surface area contributed by atoms with E-state index in [-0.39, 0.29) is 23.7 Å². The number of carbonyl (C=O) groups is 2. The average Bonchev–Trinajstić information content (AvgIpc) is 3.05. The lowest BCUT2D eigenvalue weighted by molar-refractivity contribution is -0.137. The molecule has 0 spiro atoms. The summed E-state index contributed by atoms with van der Waals surface area (Å²) in [5.41, 5.74) is 2.40. The summed E-state index contributed by atoms with van der Waals surface area (Å²) in [7, 11) is 1.53.